The summed E-state index contributed by atoms with van der Waals surface area (Å²) < 4.78 is 1.88. The van der Waals surface area contributed by atoms with Crippen LogP contribution in [0.2, 0.25) is 0 Å². The highest BCUT2D eigenvalue weighted by Gasteiger charge is 2.15. The number of likely N-dealkylation sites (tertiary alicyclic amines) is 1. The van der Waals surface area contributed by atoms with Gasteiger partial charge in [0.2, 0.25) is 0 Å². The molecule has 1 saturated heterocycles. The van der Waals surface area contributed by atoms with E-state index in [9.17, 15) is 0 Å². The highest BCUT2D eigenvalue weighted by Crippen LogP contribution is 2.32. The van der Waals surface area contributed by atoms with Gasteiger partial charge in [0.15, 0.2) is 5.65 Å². The molecule has 0 unspecified atom stereocenters. The third-order valence-electron chi connectivity index (χ3n) is 4.99. The van der Waals surface area contributed by atoms with Crippen molar-refractivity contribution < 1.29 is 0 Å². The van der Waals surface area contributed by atoms with Crippen LogP contribution in [-0.4, -0.2) is 45.8 Å². The fourth-order valence-corrected chi connectivity index (χ4v) is 3.80. The fourth-order valence-electron chi connectivity index (χ4n) is 3.80. The molecule has 1 aliphatic rings. The Morgan fingerprint density at radius 1 is 1.17 bits per heavy atom. The molecule has 2 aromatic heterocycles. The van der Waals surface area contributed by atoms with E-state index in [1.165, 1.54) is 43.5 Å². The first-order valence-electron chi connectivity index (χ1n) is 8.92. The molecule has 0 amide bonds. The number of rotatable bonds is 5. The Bertz CT molecular complexity index is 861. The lowest BCUT2D eigenvalue weighted by Crippen LogP contribution is -2.22. The predicted molar refractivity (Wildman–Crippen MR) is 99.5 cm³/mol. The van der Waals surface area contributed by atoms with E-state index >= 15 is 0 Å². The summed E-state index contributed by atoms with van der Waals surface area (Å²) in [6, 6.07) is 8.35. The second-order valence-electron chi connectivity index (χ2n) is 6.74. The molecular formula is C19H25N5. The zero-order valence-electron chi connectivity index (χ0n) is 14.5. The molecule has 3 aromatic rings. The average Bonchev–Trinajstić information content (AvgIpc) is 3.19. The van der Waals surface area contributed by atoms with Crippen LogP contribution >= 0.6 is 0 Å². The minimum atomic E-state index is 0.952. The van der Waals surface area contributed by atoms with Gasteiger partial charge < -0.3 is 10.2 Å². The second-order valence-corrected chi connectivity index (χ2v) is 6.74. The van der Waals surface area contributed by atoms with E-state index in [1.54, 1.807) is 0 Å². The summed E-state index contributed by atoms with van der Waals surface area (Å²) in [5.41, 5.74) is 4.19. The molecule has 1 aromatic carbocycles. The van der Waals surface area contributed by atoms with Crippen LogP contribution in [0.3, 0.4) is 0 Å². The lowest BCUT2D eigenvalue weighted by Gasteiger charge is -2.16. The van der Waals surface area contributed by atoms with Gasteiger partial charge in [-0.05, 0) is 51.9 Å². The van der Waals surface area contributed by atoms with Gasteiger partial charge in [-0.3, -0.25) is 4.68 Å². The van der Waals surface area contributed by atoms with Gasteiger partial charge in [-0.2, -0.15) is 5.10 Å². The second kappa shape index (κ2) is 6.40. The number of aromatic nitrogens is 3. The molecule has 1 aliphatic heterocycles. The SMILES string of the molecule is Cc1nn(C)c2nc3ccccc3c(NCCCN3CCCC3)c12. The minimum absolute atomic E-state index is 0.952. The number of aryl methyl sites for hydroxylation is 2. The molecule has 24 heavy (non-hydrogen) atoms. The summed E-state index contributed by atoms with van der Waals surface area (Å²) in [5, 5.41) is 10.6. The van der Waals surface area contributed by atoms with Gasteiger partial charge in [0.25, 0.3) is 0 Å². The maximum atomic E-state index is 4.80. The number of nitrogens with zero attached hydrogens (tertiary/aromatic N) is 4. The van der Waals surface area contributed by atoms with Crippen molar-refractivity contribution in [3.8, 4) is 0 Å². The zero-order chi connectivity index (χ0) is 16.5. The number of hydrogen-bond donors (Lipinski definition) is 1. The third kappa shape index (κ3) is 2.73. The number of fused-ring (bicyclic) bond motifs is 2. The Labute approximate surface area is 142 Å². The summed E-state index contributed by atoms with van der Waals surface area (Å²) in [5.74, 6) is 0. The van der Waals surface area contributed by atoms with E-state index in [2.05, 4.69) is 40.4 Å². The van der Waals surface area contributed by atoms with E-state index in [0.29, 0.717) is 0 Å². The maximum Gasteiger partial charge on any atom is 0.160 e. The summed E-state index contributed by atoms with van der Waals surface area (Å²) >= 11 is 0. The largest absolute Gasteiger partial charge is 0.384 e. The number of para-hydroxylation sites is 1. The van der Waals surface area contributed by atoms with Crippen LogP contribution < -0.4 is 5.32 Å². The van der Waals surface area contributed by atoms with Crippen molar-refractivity contribution in [1.29, 1.82) is 0 Å². The summed E-state index contributed by atoms with van der Waals surface area (Å²) in [4.78, 5) is 7.37. The normalized spacial score (nSPS) is 15.6. The molecule has 1 fully saturated rings. The Balaban J connectivity index is 1.63. The van der Waals surface area contributed by atoms with Gasteiger partial charge >= 0.3 is 0 Å². The van der Waals surface area contributed by atoms with E-state index in [0.717, 1.165) is 35.2 Å². The molecule has 5 nitrogen and oxygen atoms in total. The van der Waals surface area contributed by atoms with E-state index < -0.39 is 0 Å². The Kier molecular flexibility index (Phi) is 4.10. The predicted octanol–water partition coefficient (Wildman–Crippen LogP) is 3.33. The van der Waals surface area contributed by atoms with Crippen LogP contribution in [-0.2, 0) is 7.05 Å². The van der Waals surface area contributed by atoms with Crippen molar-refractivity contribution in [2.45, 2.75) is 26.2 Å². The van der Waals surface area contributed by atoms with Gasteiger partial charge in [-0.15, -0.1) is 0 Å². The van der Waals surface area contributed by atoms with Crippen LogP contribution in [0.5, 0.6) is 0 Å². The number of anilines is 1. The minimum Gasteiger partial charge on any atom is -0.384 e. The fraction of sp³-hybridized carbons (Fsp3) is 0.474. The Morgan fingerprint density at radius 3 is 2.79 bits per heavy atom. The molecule has 0 radical (unpaired) electrons. The Hall–Kier alpha value is -2.14. The molecule has 0 spiro atoms. The van der Waals surface area contributed by atoms with Crippen LogP contribution in [0.1, 0.15) is 25.0 Å². The summed E-state index contributed by atoms with van der Waals surface area (Å²) in [6.07, 6.45) is 3.88. The van der Waals surface area contributed by atoms with Gasteiger partial charge in [0.1, 0.15) is 0 Å². The number of nitrogens with one attached hydrogen (secondary N) is 1. The molecule has 5 heteroatoms. The van der Waals surface area contributed by atoms with Crippen LogP contribution in [0.15, 0.2) is 24.3 Å². The molecule has 0 bridgehead atoms. The van der Waals surface area contributed by atoms with Crippen molar-refractivity contribution in [3.63, 3.8) is 0 Å². The zero-order valence-corrected chi connectivity index (χ0v) is 14.5. The molecule has 0 saturated carbocycles. The highest BCUT2D eigenvalue weighted by molar-refractivity contribution is 6.07. The molecule has 0 atom stereocenters. The first kappa shape index (κ1) is 15.4. The monoisotopic (exact) mass is 323 g/mol. The third-order valence-corrected chi connectivity index (χ3v) is 4.99. The van der Waals surface area contributed by atoms with Crippen molar-refractivity contribution in [2.75, 3.05) is 31.5 Å². The van der Waals surface area contributed by atoms with Gasteiger partial charge in [-0.25, -0.2) is 4.98 Å². The highest BCUT2D eigenvalue weighted by atomic mass is 15.3. The molecule has 0 aliphatic carbocycles. The summed E-state index contributed by atoms with van der Waals surface area (Å²) in [6.45, 7) is 6.77. The van der Waals surface area contributed by atoms with Crippen LogP contribution in [0.25, 0.3) is 21.9 Å². The van der Waals surface area contributed by atoms with Gasteiger partial charge in [0, 0.05) is 19.0 Å². The first-order valence-corrected chi connectivity index (χ1v) is 8.92. The van der Waals surface area contributed by atoms with Crippen molar-refractivity contribution in [1.82, 2.24) is 19.7 Å². The van der Waals surface area contributed by atoms with Crippen molar-refractivity contribution >= 4 is 27.6 Å². The topological polar surface area (TPSA) is 46.0 Å². The first-order chi connectivity index (χ1) is 11.7. The number of benzene rings is 1. The molecule has 1 N–H and O–H groups in total. The number of hydrogen-bond acceptors (Lipinski definition) is 4. The maximum absolute atomic E-state index is 4.80. The molecule has 4 rings (SSSR count). The summed E-state index contributed by atoms with van der Waals surface area (Å²) in [7, 11) is 1.97. The van der Waals surface area contributed by atoms with E-state index in [-0.39, 0.29) is 0 Å². The van der Waals surface area contributed by atoms with Crippen molar-refractivity contribution in [2.24, 2.45) is 7.05 Å². The van der Waals surface area contributed by atoms with Crippen LogP contribution in [0.4, 0.5) is 5.69 Å². The smallest absolute Gasteiger partial charge is 0.160 e. The van der Waals surface area contributed by atoms with Crippen LogP contribution in [0, 0.1) is 6.92 Å². The Morgan fingerprint density at radius 2 is 1.96 bits per heavy atom. The lowest BCUT2D eigenvalue weighted by atomic mass is 10.1. The molecular weight excluding hydrogens is 298 g/mol. The quantitative estimate of drug-likeness (QED) is 0.732. The van der Waals surface area contributed by atoms with E-state index in [1.807, 2.05) is 17.8 Å². The van der Waals surface area contributed by atoms with Gasteiger partial charge in [0.05, 0.1) is 22.3 Å². The molecule has 3 heterocycles. The van der Waals surface area contributed by atoms with E-state index in [4.69, 9.17) is 4.98 Å². The number of pyridine rings is 1. The van der Waals surface area contributed by atoms with Gasteiger partial charge in [-0.1, -0.05) is 18.2 Å². The lowest BCUT2D eigenvalue weighted by molar-refractivity contribution is 0.337. The molecule has 126 valence electrons. The standard InChI is InChI=1S/C19H25N5/c1-14-17-18(20-10-7-13-24-11-5-6-12-24)15-8-3-4-9-16(15)21-19(17)23(2)22-14/h3-4,8-9H,5-7,10-13H2,1-2H3,(H,20,21). The van der Waals surface area contributed by atoms with Crippen molar-refractivity contribution in [3.05, 3.63) is 30.0 Å². The average molecular weight is 323 g/mol.